The summed E-state index contributed by atoms with van der Waals surface area (Å²) in [5.41, 5.74) is 1.32. The summed E-state index contributed by atoms with van der Waals surface area (Å²) in [5, 5.41) is 9.40. The smallest absolute Gasteiger partial charge is 0.0940 e. The largest absolute Gasteiger partial charge is 0.394 e. The first-order valence-electron chi connectivity index (χ1n) is 7.30. The average molecular weight is 293 g/mol. The van der Waals surface area contributed by atoms with Crippen LogP contribution >= 0.6 is 11.8 Å². The van der Waals surface area contributed by atoms with Crippen LogP contribution in [0.15, 0.2) is 29.2 Å². The fourth-order valence-corrected chi connectivity index (χ4v) is 4.58. The van der Waals surface area contributed by atoms with Gasteiger partial charge in [-0.25, -0.2) is 0 Å². The van der Waals surface area contributed by atoms with Crippen LogP contribution in [0.4, 0.5) is 0 Å². The van der Waals surface area contributed by atoms with Crippen LogP contribution < -0.4 is 0 Å². The van der Waals surface area contributed by atoms with Gasteiger partial charge in [0.2, 0.25) is 0 Å². The lowest BCUT2D eigenvalue weighted by atomic mass is 9.98. The molecule has 0 bridgehead atoms. The number of hydrogen-bond donors (Lipinski definition) is 1. The second-order valence-corrected chi connectivity index (χ2v) is 7.48. The first-order valence-corrected chi connectivity index (χ1v) is 8.29. The van der Waals surface area contributed by atoms with Crippen LogP contribution in [0.3, 0.4) is 0 Å². The quantitative estimate of drug-likeness (QED) is 0.927. The van der Waals surface area contributed by atoms with Gasteiger partial charge in [0.25, 0.3) is 0 Å². The van der Waals surface area contributed by atoms with Gasteiger partial charge in [-0.2, -0.15) is 0 Å². The van der Waals surface area contributed by atoms with Crippen LogP contribution in [0, 0.1) is 0 Å². The molecule has 2 heterocycles. The Morgan fingerprint density at radius 1 is 1.40 bits per heavy atom. The molecule has 0 aromatic heterocycles. The fraction of sp³-hybridized carbons (Fsp3) is 0.625. The molecule has 1 fully saturated rings. The summed E-state index contributed by atoms with van der Waals surface area (Å²) in [6, 6.07) is 8.74. The van der Waals surface area contributed by atoms with Crippen molar-refractivity contribution in [2.75, 3.05) is 32.0 Å². The number of aliphatic hydroxyl groups excluding tert-OH is 1. The van der Waals surface area contributed by atoms with E-state index < -0.39 is 0 Å². The lowest BCUT2D eigenvalue weighted by Crippen LogP contribution is -2.54. The van der Waals surface area contributed by atoms with Crippen LogP contribution in [0.2, 0.25) is 0 Å². The number of ether oxygens (including phenoxy) is 1. The number of benzene rings is 1. The fourth-order valence-electron chi connectivity index (χ4n) is 3.34. The second-order valence-electron chi connectivity index (χ2n) is 6.42. The molecule has 4 heteroatoms. The molecule has 1 aromatic carbocycles. The molecule has 20 heavy (non-hydrogen) atoms. The summed E-state index contributed by atoms with van der Waals surface area (Å²) in [5.74, 6) is 1.77. The van der Waals surface area contributed by atoms with E-state index in [9.17, 15) is 5.11 Å². The third kappa shape index (κ3) is 3.03. The number of morpholine rings is 1. The number of aliphatic hydroxyl groups is 1. The highest BCUT2D eigenvalue weighted by molar-refractivity contribution is 7.99. The first kappa shape index (κ1) is 14.4. The molecule has 0 amide bonds. The van der Waals surface area contributed by atoms with E-state index in [0.29, 0.717) is 5.92 Å². The minimum Gasteiger partial charge on any atom is -0.394 e. The van der Waals surface area contributed by atoms with E-state index in [-0.39, 0.29) is 18.3 Å². The predicted octanol–water partition coefficient (Wildman–Crippen LogP) is 2.35. The lowest BCUT2D eigenvalue weighted by molar-refractivity contribution is -0.149. The average Bonchev–Trinajstić information content (AvgIpc) is 2.80. The maximum atomic E-state index is 9.40. The Labute approximate surface area is 125 Å². The van der Waals surface area contributed by atoms with E-state index >= 15 is 0 Å². The van der Waals surface area contributed by atoms with E-state index in [0.717, 1.165) is 19.6 Å². The molecule has 0 spiro atoms. The third-order valence-corrected chi connectivity index (χ3v) is 5.28. The van der Waals surface area contributed by atoms with Crippen LogP contribution in [-0.2, 0) is 4.74 Å². The van der Waals surface area contributed by atoms with Gasteiger partial charge in [-0.05, 0) is 25.5 Å². The number of fused-ring (bicyclic) bond motifs is 1. The van der Waals surface area contributed by atoms with Gasteiger partial charge < -0.3 is 9.84 Å². The SMILES string of the molecule is CC1(C)CN(CC2CSc3ccccc32)CC(CO)O1. The Balaban J connectivity index is 1.69. The summed E-state index contributed by atoms with van der Waals surface area (Å²) in [4.78, 5) is 3.89. The van der Waals surface area contributed by atoms with E-state index in [1.54, 1.807) is 0 Å². The summed E-state index contributed by atoms with van der Waals surface area (Å²) >= 11 is 1.96. The van der Waals surface area contributed by atoms with Gasteiger partial charge in [0.05, 0.1) is 18.3 Å². The molecule has 3 rings (SSSR count). The van der Waals surface area contributed by atoms with E-state index in [2.05, 4.69) is 43.0 Å². The van der Waals surface area contributed by atoms with Gasteiger partial charge in [0.15, 0.2) is 0 Å². The van der Waals surface area contributed by atoms with Gasteiger partial charge in [-0.3, -0.25) is 4.90 Å². The zero-order chi connectivity index (χ0) is 14.2. The molecule has 0 aliphatic carbocycles. The molecule has 1 aromatic rings. The monoisotopic (exact) mass is 293 g/mol. The van der Waals surface area contributed by atoms with Crippen LogP contribution in [-0.4, -0.2) is 53.7 Å². The third-order valence-electron chi connectivity index (χ3n) is 4.03. The maximum absolute atomic E-state index is 9.40. The molecule has 0 saturated carbocycles. The summed E-state index contributed by atoms with van der Waals surface area (Å²) in [6.07, 6.45) is -0.0527. The van der Waals surface area contributed by atoms with E-state index in [1.165, 1.54) is 16.2 Å². The van der Waals surface area contributed by atoms with Crippen molar-refractivity contribution >= 4 is 11.8 Å². The Hall–Kier alpha value is -0.550. The lowest BCUT2D eigenvalue weighted by Gasteiger charge is -2.43. The number of hydrogen-bond acceptors (Lipinski definition) is 4. The molecule has 0 radical (unpaired) electrons. The Morgan fingerprint density at radius 2 is 2.20 bits per heavy atom. The molecule has 1 N–H and O–H groups in total. The standard InChI is InChI=1S/C16H23NO2S/c1-16(2)11-17(8-13(9-18)19-16)7-12-10-20-15-6-4-3-5-14(12)15/h3-6,12-13,18H,7-11H2,1-2H3. The minimum absolute atomic E-state index is 0.0527. The van der Waals surface area contributed by atoms with Crippen LogP contribution in [0.5, 0.6) is 0 Å². The highest BCUT2D eigenvalue weighted by Crippen LogP contribution is 2.40. The molecule has 110 valence electrons. The van der Waals surface area contributed by atoms with Crippen LogP contribution in [0.1, 0.15) is 25.3 Å². The molecule has 1 saturated heterocycles. The number of rotatable bonds is 3. The van der Waals surface area contributed by atoms with Crippen LogP contribution in [0.25, 0.3) is 0 Å². The molecule has 2 aliphatic heterocycles. The van der Waals surface area contributed by atoms with Gasteiger partial charge in [0.1, 0.15) is 0 Å². The molecule has 2 aliphatic rings. The van der Waals surface area contributed by atoms with Gasteiger partial charge in [-0.1, -0.05) is 18.2 Å². The maximum Gasteiger partial charge on any atom is 0.0940 e. The van der Waals surface area contributed by atoms with Crippen molar-refractivity contribution in [3.63, 3.8) is 0 Å². The van der Waals surface area contributed by atoms with Crippen molar-refractivity contribution in [1.82, 2.24) is 4.90 Å². The van der Waals surface area contributed by atoms with Crippen molar-refractivity contribution < 1.29 is 9.84 Å². The second kappa shape index (κ2) is 5.68. The molecule has 2 atom stereocenters. The predicted molar refractivity (Wildman–Crippen MR) is 82.4 cm³/mol. The Bertz CT molecular complexity index is 477. The summed E-state index contributed by atoms with van der Waals surface area (Å²) < 4.78 is 5.89. The molecular formula is C16H23NO2S. The number of nitrogens with zero attached hydrogens (tertiary/aromatic N) is 1. The molecule has 3 nitrogen and oxygen atoms in total. The molecule has 2 unspecified atom stereocenters. The summed E-state index contributed by atoms with van der Waals surface area (Å²) in [7, 11) is 0. The highest BCUT2D eigenvalue weighted by atomic mass is 32.2. The topological polar surface area (TPSA) is 32.7 Å². The van der Waals surface area contributed by atoms with Crippen molar-refractivity contribution in [1.29, 1.82) is 0 Å². The van der Waals surface area contributed by atoms with Crippen molar-refractivity contribution in [2.45, 2.75) is 36.4 Å². The van der Waals surface area contributed by atoms with Gasteiger partial charge in [0, 0.05) is 36.2 Å². The Morgan fingerprint density at radius 3 is 3.00 bits per heavy atom. The van der Waals surface area contributed by atoms with Crippen molar-refractivity contribution in [2.24, 2.45) is 0 Å². The van der Waals surface area contributed by atoms with Crippen molar-refractivity contribution in [3.05, 3.63) is 29.8 Å². The van der Waals surface area contributed by atoms with Gasteiger partial charge >= 0.3 is 0 Å². The zero-order valence-corrected chi connectivity index (χ0v) is 13.0. The molecular weight excluding hydrogens is 270 g/mol. The van der Waals surface area contributed by atoms with Gasteiger partial charge in [-0.15, -0.1) is 11.8 Å². The normalized spacial score (nSPS) is 29.4. The Kier molecular flexibility index (Phi) is 4.09. The summed E-state index contributed by atoms with van der Waals surface area (Å²) in [6.45, 7) is 7.16. The van der Waals surface area contributed by atoms with E-state index in [4.69, 9.17) is 4.74 Å². The zero-order valence-electron chi connectivity index (χ0n) is 12.2. The minimum atomic E-state index is -0.170. The van der Waals surface area contributed by atoms with E-state index in [1.807, 2.05) is 11.8 Å². The number of thioether (sulfide) groups is 1. The highest BCUT2D eigenvalue weighted by Gasteiger charge is 2.35. The first-order chi connectivity index (χ1) is 9.57. The van der Waals surface area contributed by atoms with Crippen molar-refractivity contribution in [3.8, 4) is 0 Å².